The number of imidazole rings is 1. The number of rotatable bonds is 4. The van der Waals surface area contributed by atoms with E-state index in [1.807, 2.05) is 13.8 Å². The van der Waals surface area contributed by atoms with E-state index in [1.165, 1.54) is 12.1 Å². The molecule has 2 heterocycles. The van der Waals surface area contributed by atoms with Crippen LogP contribution in [0.1, 0.15) is 38.9 Å². The van der Waals surface area contributed by atoms with Crippen molar-refractivity contribution in [2.45, 2.75) is 57.9 Å². The van der Waals surface area contributed by atoms with E-state index in [0.29, 0.717) is 0 Å². The number of ether oxygens (including phenoxy) is 1. The monoisotopic (exact) mass is 397 g/mol. The number of carbonyl (C=O) groups is 2. The maximum atomic E-state index is 13.3. The van der Waals surface area contributed by atoms with Gasteiger partial charge in [0.25, 0.3) is 5.91 Å². The van der Waals surface area contributed by atoms with E-state index in [1.54, 1.807) is 17.0 Å². The Morgan fingerprint density at radius 3 is 2.46 bits per heavy atom. The lowest BCUT2D eigenvalue weighted by Crippen LogP contribution is -2.49. The largest absolute Gasteiger partial charge is 0.454 e. The number of para-hydroxylation sites is 2. The van der Waals surface area contributed by atoms with Gasteiger partial charge in [0.1, 0.15) is 6.54 Å². The minimum Gasteiger partial charge on any atom is -0.454 e. The molecule has 1 amide bonds. The Kier molecular flexibility index (Phi) is 5.62. The summed E-state index contributed by atoms with van der Waals surface area (Å²) in [5.41, 5.74) is 0.311. The maximum absolute atomic E-state index is 13.3. The molecule has 9 heteroatoms. The SMILES string of the molecule is CC1CCCC(C)N1C(=O)COC(=O)Cn1c(C(F)(F)F)nc2ccccc21. The van der Waals surface area contributed by atoms with Crippen LogP contribution in [0.4, 0.5) is 13.2 Å². The molecular weight excluding hydrogens is 375 g/mol. The fourth-order valence-corrected chi connectivity index (χ4v) is 3.76. The van der Waals surface area contributed by atoms with E-state index in [9.17, 15) is 22.8 Å². The smallest absolute Gasteiger partial charge is 0.449 e. The van der Waals surface area contributed by atoms with Gasteiger partial charge in [-0.15, -0.1) is 0 Å². The quantitative estimate of drug-likeness (QED) is 0.742. The van der Waals surface area contributed by atoms with Crippen LogP contribution in [-0.4, -0.2) is 45.0 Å². The molecule has 0 aliphatic carbocycles. The molecule has 1 saturated heterocycles. The Morgan fingerprint density at radius 2 is 1.82 bits per heavy atom. The minimum absolute atomic E-state index is 0.0457. The van der Waals surface area contributed by atoms with Crippen molar-refractivity contribution in [2.75, 3.05) is 6.61 Å². The van der Waals surface area contributed by atoms with Crippen LogP contribution < -0.4 is 0 Å². The third-order valence-corrected chi connectivity index (χ3v) is 5.03. The summed E-state index contributed by atoms with van der Waals surface area (Å²) in [6, 6.07) is 6.11. The highest BCUT2D eigenvalue weighted by atomic mass is 19.4. The number of benzene rings is 1. The van der Waals surface area contributed by atoms with Crippen molar-refractivity contribution in [3.63, 3.8) is 0 Å². The molecule has 6 nitrogen and oxygen atoms in total. The molecule has 1 aromatic heterocycles. The van der Waals surface area contributed by atoms with Gasteiger partial charge in [-0.2, -0.15) is 13.2 Å². The summed E-state index contributed by atoms with van der Waals surface area (Å²) in [6.45, 7) is 2.71. The number of hydrogen-bond donors (Lipinski definition) is 0. The van der Waals surface area contributed by atoms with Crippen molar-refractivity contribution < 1.29 is 27.5 Å². The number of esters is 1. The van der Waals surface area contributed by atoms with E-state index < -0.39 is 31.1 Å². The molecule has 0 N–H and O–H groups in total. The average Bonchev–Trinajstić information content (AvgIpc) is 2.99. The summed E-state index contributed by atoms with van der Waals surface area (Å²) < 4.78 is 45.6. The average molecular weight is 397 g/mol. The fraction of sp³-hybridized carbons (Fsp3) is 0.526. The van der Waals surface area contributed by atoms with Crippen molar-refractivity contribution in [3.8, 4) is 0 Å². The van der Waals surface area contributed by atoms with Crippen LogP contribution in [0, 0.1) is 0 Å². The topological polar surface area (TPSA) is 64.4 Å². The second kappa shape index (κ2) is 7.81. The Hall–Kier alpha value is -2.58. The standard InChI is InChI=1S/C19H22F3N3O3/c1-12-6-5-7-13(2)25(12)16(26)11-28-17(27)10-24-15-9-4-3-8-14(15)23-18(24)19(20,21)22/h3-4,8-9,12-13H,5-7,10-11H2,1-2H3. The van der Waals surface area contributed by atoms with E-state index in [0.717, 1.165) is 23.8 Å². The number of amides is 1. The highest BCUT2D eigenvalue weighted by Gasteiger charge is 2.38. The van der Waals surface area contributed by atoms with Gasteiger partial charge in [0, 0.05) is 12.1 Å². The van der Waals surface area contributed by atoms with Crippen LogP contribution in [0.5, 0.6) is 0 Å². The molecule has 0 saturated carbocycles. The molecule has 2 atom stereocenters. The number of carbonyl (C=O) groups excluding carboxylic acids is 2. The molecule has 0 bridgehead atoms. The Bertz CT molecular complexity index is 868. The lowest BCUT2D eigenvalue weighted by atomic mass is 9.97. The van der Waals surface area contributed by atoms with Gasteiger partial charge in [0.2, 0.25) is 5.82 Å². The fourth-order valence-electron chi connectivity index (χ4n) is 3.76. The minimum atomic E-state index is -4.71. The molecule has 1 fully saturated rings. The first-order valence-electron chi connectivity index (χ1n) is 9.17. The Labute approximate surface area is 160 Å². The van der Waals surface area contributed by atoms with Crippen LogP contribution >= 0.6 is 0 Å². The molecule has 152 valence electrons. The number of halogens is 3. The van der Waals surface area contributed by atoms with E-state index in [2.05, 4.69) is 4.98 Å². The number of alkyl halides is 3. The zero-order valence-electron chi connectivity index (χ0n) is 15.7. The second-order valence-electron chi connectivity index (χ2n) is 7.10. The number of aromatic nitrogens is 2. The first kappa shape index (κ1) is 20.2. The number of hydrogen-bond acceptors (Lipinski definition) is 4. The molecule has 1 aliphatic heterocycles. The van der Waals surface area contributed by atoms with Crippen LogP contribution in [0.2, 0.25) is 0 Å². The third kappa shape index (κ3) is 4.13. The molecule has 0 spiro atoms. The zero-order valence-corrected chi connectivity index (χ0v) is 15.7. The predicted molar refractivity (Wildman–Crippen MR) is 95.3 cm³/mol. The summed E-state index contributed by atoms with van der Waals surface area (Å²) in [7, 11) is 0. The Morgan fingerprint density at radius 1 is 1.18 bits per heavy atom. The second-order valence-corrected chi connectivity index (χ2v) is 7.10. The predicted octanol–water partition coefficient (Wildman–Crippen LogP) is 3.39. The van der Waals surface area contributed by atoms with Gasteiger partial charge in [0.05, 0.1) is 11.0 Å². The normalized spacial score (nSPS) is 20.4. The van der Waals surface area contributed by atoms with Gasteiger partial charge in [-0.1, -0.05) is 12.1 Å². The highest BCUT2D eigenvalue weighted by Crippen LogP contribution is 2.31. The molecule has 3 rings (SSSR count). The molecule has 1 aromatic carbocycles. The van der Waals surface area contributed by atoms with E-state index in [-0.39, 0.29) is 29.0 Å². The van der Waals surface area contributed by atoms with Gasteiger partial charge in [0.15, 0.2) is 6.61 Å². The van der Waals surface area contributed by atoms with Gasteiger partial charge < -0.3 is 14.2 Å². The molecular formula is C19H22F3N3O3. The zero-order chi connectivity index (χ0) is 20.5. The van der Waals surface area contributed by atoms with Crippen molar-refractivity contribution >= 4 is 22.9 Å². The molecule has 0 radical (unpaired) electrons. The summed E-state index contributed by atoms with van der Waals surface area (Å²) in [4.78, 5) is 29.9. The van der Waals surface area contributed by atoms with Crippen molar-refractivity contribution in [1.29, 1.82) is 0 Å². The van der Waals surface area contributed by atoms with Gasteiger partial charge in [-0.05, 0) is 45.2 Å². The summed E-state index contributed by atoms with van der Waals surface area (Å²) in [5.74, 6) is -2.42. The van der Waals surface area contributed by atoms with E-state index in [4.69, 9.17) is 4.74 Å². The summed E-state index contributed by atoms with van der Waals surface area (Å²) in [6.07, 6.45) is -1.94. The first-order chi connectivity index (χ1) is 13.2. The molecule has 2 aromatic rings. The van der Waals surface area contributed by atoms with Crippen LogP contribution in [0.15, 0.2) is 24.3 Å². The molecule has 1 aliphatic rings. The number of piperidine rings is 1. The van der Waals surface area contributed by atoms with Gasteiger partial charge in [-0.25, -0.2) is 4.98 Å². The number of fused-ring (bicyclic) bond motifs is 1. The van der Waals surface area contributed by atoms with Crippen LogP contribution in [0.25, 0.3) is 11.0 Å². The third-order valence-electron chi connectivity index (χ3n) is 5.03. The van der Waals surface area contributed by atoms with Crippen molar-refractivity contribution in [3.05, 3.63) is 30.1 Å². The molecule has 28 heavy (non-hydrogen) atoms. The number of likely N-dealkylation sites (tertiary alicyclic amines) is 1. The lowest BCUT2D eigenvalue weighted by Gasteiger charge is -2.38. The Balaban J connectivity index is 1.71. The lowest BCUT2D eigenvalue weighted by molar-refractivity contribution is -0.157. The number of nitrogens with zero attached hydrogens (tertiary/aromatic N) is 3. The van der Waals surface area contributed by atoms with Gasteiger partial charge in [-0.3, -0.25) is 9.59 Å². The van der Waals surface area contributed by atoms with Crippen LogP contribution in [0.3, 0.4) is 0 Å². The highest BCUT2D eigenvalue weighted by molar-refractivity contribution is 5.82. The van der Waals surface area contributed by atoms with E-state index >= 15 is 0 Å². The van der Waals surface area contributed by atoms with Crippen molar-refractivity contribution in [1.82, 2.24) is 14.5 Å². The van der Waals surface area contributed by atoms with Crippen LogP contribution in [-0.2, 0) is 27.0 Å². The van der Waals surface area contributed by atoms with Crippen molar-refractivity contribution in [2.24, 2.45) is 0 Å². The van der Waals surface area contributed by atoms with Gasteiger partial charge >= 0.3 is 12.1 Å². The first-order valence-corrected chi connectivity index (χ1v) is 9.17. The summed E-state index contributed by atoms with van der Waals surface area (Å²) in [5, 5.41) is 0. The molecule has 2 unspecified atom stereocenters. The maximum Gasteiger partial charge on any atom is 0.449 e. The summed E-state index contributed by atoms with van der Waals surface area (Å²) >= 11 is 0.